The first kappa shape index (κ1) is 15.1. The molecule has 0 aliphatic heterocycles. The predicted molar refractivity (Wildman–Crippen MR) is 62.0 cm³/mol. The van der Waals surface area contributed by atoms with Crippen molar-refractivity contribution in [1.29, 1.82) is 0 Å². The van der Waals surface area contributed by atoms with Crippen molar-refractivity contribution in [2.45, 2.75) is 38.9 Å². The third-order valence-corrected chi connectivity index (χ3v) is 7.21. The molecule has 0 rings (SSSR count). The summed E-state index contributed by atoms with van der Waals surface area (Å²) in [4.78, 5) is 0. The van der Waals surface area contributed by atoms with Gasteiger partial charge in [-0.15, -0.1) is 0 Å². The van der Waals surface area contributed by atoms with Crippen LogP contribution in [-0.4, -0.2) is 20.3 Å². The normalized spacial score (nSPS) is 12.5. The van der Waals surface area contributed by atoms with Gasteiger partial charge in [-0.3, -0.25) is 0 Å². The molecule has 0 heterocycles. The molecule has 0 atom stereocenters. The van der Waals surface area contributed by atoms with Crippen molar-refractivity contribution in [2.24, 2.45) is 0 Å². The van der Waals surface area contributed by atoms with Gasteiger partial charge in [0.15, 0.2) is 8.32 Å². The van der Waals surface area contributed by atoms with E-state index < -0.39 is 8.32 Å². The zero-order chi connectivity index (χ0) is 9.12. The SMILES string of the molecule is CC(C)(C)[Si](C)(C)OCCBr.N. The van der Waals surface area contributed by atoms with E-state index in [0.717, 1.165) is 11.9 Å². The Labute approximate surface area is 85.9 Å². The van der Waals surface area contributed by atoms with Crippen LogP contribution in [0.2, 0.25) is 18.1 Å². The molecular weight excluding hydrogens is 234 g/mol. The number of rotatable bonds is 3. The minimum Gasteiger partial charge on any atom is -0.416 e. The fourth-order valence-electron chi connectivity index (χ4n) is 0.510. The van der Waals surface area contributed by atoms with Gasteiger partial charge in [-0.2, -0.15) is 0 Å². The van der Waals surface area contributed by atoms with Gasteiger partial charge in [0.25, 0.3) is 0 Å². The topological polar surface area (TPSA) is 44.2 Å². The third kappa shape index (κ3) is 4.60. The van der Waals surface area contributed by atoms with Gasteiger partial charge in [0.2, 0.25) is 0 Å². The van der Waals surface area contributed by atoms with Gasteiger partial charge >= 0.3 is 0 Å². The molecular formula is C8H22BrNOSi. The first-order valence-electron chi connectivity index (χ1n) is 4.01. The molecule has 0 unspecified atom stereocenters. The molecule has 12 heavy (non-hydrogen) atoms. The summed E-state index contributed by atoms with van der Waals surface area (Å²) in [5.41, 5.74) is 0. The summed E-state index contributed by atoms with van der Waals surface area (Å²) in [6, 6.07) is 0. The molecule has 2 nitrogen and oxygen atoms in total. The molecule has 0 fully saturated rings. The average molecular weight is 256 g/mol. The van der Waals surface area contributed by atoms with Crippen molar-refractivity contribution in [3.8, 4) is 0 Å². The summed E-state index contributed by atoms with van der Waals surface area (Å²) < 4.78 is 5.84. The van der Waals surface area contributed by atoms with Crippen LogP contribution in [0, 0.1) is 0 Å². The maximum absolute atomic E-state index is 5.84. The molecule has 0 radical (unpaired) electrons. The molecule has 0 amide bonds. The van der Waals surface area contributed by atoms with Gasteiger partial charge in [0, 0.05) is 11.9 Å². The van der Waals surface area contributed by atoms with Crippen LogP contribution in [0.3, 0.4) is 0 Å². The van der Waals surface area contributed by atoms with Crippen LogP contribution in [0.1, 0.15) is 20.8 Å². The van der Waals surface area contributed by atoms with Crippen LogP contribution in [0.4, 0.5) is 0 Å². The van der Waals surface area contributed by atoms with Crippen LogP contribution >= 0.6 is 15.9 Å². The summed E-state index contributed by atoms with van der Waals surface area (Å²) >= 11 is 3.37. The molecule has 3 N–H and O–H groups in total. The van der Waals surface area contributed by atoms with E-state index in [-0.39, 0.29) is 6.15 Å². The van der Waals surface area contributed by atoms with E-state index >= 15 is 0 Å². The highest BCUT2D eigenvalue weighted by atomic mass is 79.9. The lowest BCUT2D eigenvalue weighted by atomic mass is 10.2. The second-order valence-electron chi connectivity index (χ2n) is 4.30. The molecule has 0 aliphatic carbocycles. The molecule has 0 aliphatic rings. The van der Waals surface area contributed by atoms with Crippen molar-refractivity contribution in [2.75, 3.05) is 11.9 Å². The lowest BCUT2D eigenvalue weighted by Gasteiger charge is -2.35. The van der Waals surface area contributed by atoms with E-state index in [2.05, 4.69) is 49.8 Å². The first-order valence-corrected chi connectivity index (χ1v) is 8.04. The Bertz CT molecular complexity index is 123. The molecule has 0 spiro atoms. The molecule has 0 saturated heterocycles. The Kier molecular flexibility index (Phi) is 6.76. The lowest BCUT2D eigenvalue weighted by molar-refractivity contribution is 0.312. The van der Waals surface area contributed by atoms with Crippen LogP contribution in [0.5, 0.6) is 0 Å². The second-order valence-corrected chi connectivity index (χ2v) is 9.90. The quantitative estimate of drug-likeness (QED) is 0.619. The molecule has 0 aromatic carbocycles. The zero-order valence-corrected chi connectivity index (χ0v) is 11.5. The summed E-state index contributed by atoms with van der Waals surface area (Å²) in [6.07, 6.45) is 0. The predicted octanol–water partition coefficient (Wildman–Crippen LogP) is 3.57. The van der Waals surface area contributed by atoms with Crippen molar-refractivity contribution in [3.05, 3.63) is 0 Å². The summed E-state index contributed by atoms with van der Waals surface area (Å²) in [5.74, 6) is 0. The minimum absolute atomic E-state index is 0. The Morgan fingerprint density at radius 3 is 1.92 bits per heavy atom. The van der Waals surface area contributed by atoms with Crippen LogP contribution in [0.25, 0.3) is 0 Å². The Balaban J connectivity index is 0. The summed E-state index contributed by atoms with van der Waals surface area (Å²) in [5, 5.41) is 1.29. The smallest absolute Gasteiger partial charge is 0.192 e. The lowest BCUT2D eigenvalue weighted by Crippen LogP contribution is -2.41. The van der Waals surface area contributed by atoms with Crippen molar-refractivity contribution >= 4 is 24.2 Å². The van der Waals surface area contributed by atoms with Gasteiger partial charge in [0.1, 0.15) is 0 Å². The van der Waals surface area contributed by atoms with Crippen LogP contribution in [-0.2, 0) is 4.43 Å². The zero-order valence-electron chi connectivity index (χ0n) is 8.91. The highest BCUT2D eigenvalue weighted by Gasteiger charge is 2.36. The number of hydrogen-bond acceptors (Lipinski definition) is 2. The van der Waals surface area contributed by atoms with E-state index in [9.17, 15) is 0 Å². The third-order valence-electron chi connectivity index (χ3n) is 2.35. The van der Waals surface area contributed by atoms with E-state index in [1.807, 2.05) is 0 Å². The molecule has 0 aromatic heterocycles. The fourth-order valence-corrected chi connectivity index (χ4v) is 2.02. The molecule has 0 saturated carbocycles. The standard InChI is InChI=1S/C8H19BrOSi.H3N/c1-8(2,3)11(4,5)10-7-6-9;/h6-7H2,1-5H3;1H3. The number of hydrogen-bond donors (Lipinski definition) is 1. The van der Waals surface area contributed by atoms with Gasteiger partial charge in [-0.1, -0.05) is 36.7 Å². The van der Waals surface area contributed by atoms with Crippen molar-refractivity contribution in [3.63, 3.8) is 0 Å². The van der Waals surface area contributed by atoms with E-state index in [0.29, 0.717) is 5.04 Å². The largest absolute Gasteiger partial charge is 0.416 e. The maximum atomic E-state index is 5.84. The Morgan fingerprint density at radius 2 is 1.67 bits per heavy atom. The molecule has 4 heteroatoms. The minimum atomic E-state index is -1.46. The van der Waals surface area contributed by atoms with E-state index in [1.165, 1.54) is 0 Å². The van der Waals surface area contributed by atoms with Gasteiger partial charge in [0.05, 0.1) is 0 Å². The van der Waals surface area contributed by atoms with E-state index in [1.54, 1.807) is 0 Å². The summed E-state index contributed by atoms with van der Waals surface area (Å²) in [6.45, 7) is 12.2. The van der Waals surface area contributed by atoms with E-state index in [4.69, 9.17) is 4.43 Å². The first-order chi connectivity index (χ1) is 4.81. The van der Waals surface area contributed by atoms with Gasteiger partial charge in [-0.25, -0.2) is 0 Å². The highest BCUT2D eigenvalue weighted by molar-refractivity contribution is 9.09. The Hall–Kier alpha value is 0.617. The van der Waals surface area contributed by atoms with Crippen molar-refractivity contribution < 1.29 is 4.43 Å². The Morgan fingerprint density at radius 1 is 1.25 bits per heavy atom. The summed E-state index contributed by atoms with van der Waals surface area (Å²) in [7, 11) is -1.46. The molecule has 0 aromatic rings. The monoisotopic (exact) mass is 255 g/mol. The highest BCUT2D eigenvalue weighted by Crippen LogP contribution is 2.36. The van der Waals surface area contributed by atoms with Crippen molar-refractivity contribution in [1.82, 2.24) is 6.15 Å². The molecule has 0 bridgehead atoms. The maximum Gasteiger partial charge on any atom is 0.192 e. The average Bonchev–Trinajstić information content (AvgIpc) is 1.81. The number of halogens is 1. The second kappa shape index (κ2) is 5.37. The van der Waals surface area contributed by atoms with Crippen LogP contribution < -0.4 is 6.15 Å². The van der Waals surface area contributed by atoms with Gasteiger partial charge < -0.3 is 10.6 Å². The molecule has 76 valence electrons. The number of alkyl halides is 1. The van der Waals surface area contributed by atoms with Crippen LogP contribution in [0.15, 0.2) is 0 Å². The van der Waals surface area contributed by atoms with Gasteiger partial charge in [-0.05, 0) is 18.1 Å². The fraction of sp³-hybridized carbons (Fsp3) is 1.00.